The van der Waals surface area contributed by atoms with Crippen molar-refractivity contribution in [2.24, 2.45) is 5.92 Å². The Balaban J connectivity index is 1.54. The van der Waals surface area contributed by atoms with Crippen molar-refractivity contribution in [2.75, 3.05) is 32.2 Å². The van der Waals surface area contributed by atoms with Gasteiger partial charge in [0.15, 0.2) is 11.5 Å². The van der Waals surface area contributed by atoms with Gasteiger partial charge in [0.2, 0.25) is 11.8 Å². The third kappa shape index (κ3) is 4.24. The highest BCUT2D eigenvalue weighted by molar-refractivity contribution is 6.09. The lowest BCUT2D eigenvalue weighted by atomic mass is 10.1. The maximum absolute atomic E-state index is 13.1. The number of nitrogens with zero attached hydrogens (tertiary/aromatic N) is 1. The maximum Gasteiger partial charge on any atom is 0.239 e. The van der Waals surface area contributed by atoms with Crippen LogP contribution in [-0.4, -0.2) is 39.1 Å². The summed E-state index contributed by atoms with van der Waals surface area (Å²) in [6.45, 7) is 0.854. The Morgan fingerprint density at radius 1 is 1.14 bits per heavy atom. The van der Waals surface area contributed by atoms with Gasteiger partial charge in [-0.3, -0.25) is 9.59 Å². The summed E-state index contributed by atoms with van der Waals surface area (Å²) in [4.78, 5) is 26.5. The number of benzene rings is 2. The molecule has 0 aromatic heterocycles. The third-order valence-electron chi connectivity index (χ3n) is 4.82. The van der Waals surface area contributed by atoms with Crippen molar-refractivity contribution in [1.29, 1.82) is 0 Å². The molecular weight excluding hydrogens is 363 g/mol. The lowest BCUT2D eigenvalue weighted by Crippen LogP contribution is -2.37. The Hall–Kier alpha value is -3.09. The Morgan fingerprint density at radius 3 is 2.54 bits per heavy atom. The number of nitrogens with one attached hydrogen (secondary N) is 1. The summed E-state index contributed by atoms with van der Waals surface area (Å²) < 4.78 is 23.5. The van der Waals surface area contributed by atoms with Gasteiger partial charge >= 0.3 is 0 Å². The molecule has 28 heavy (non-hydrogen) atoms. The summed E-state index contributed by atoms with van der Waals surface area (Å²) in [5.74, 6) is -0.333. The molecule has 0 radical (unpaired) electrons. The Bertz CT molecular complexity index is 854. The molecule has 3 rings (SSSR count). The van der Waals surface area contributed by atoms with Crippen molar-refractivity contribution >= 4 is 17.5 Å². The van der Waals surface area contributed by atoms with Gasteiger partial charge in [0, 0.05) is 18.8 Å². The highest BCUT2D eigenvalue weighted by Crippen LogP contribution is 2.28. The summed E-state index contributed by atoms with van der Waals surface area (Å²) >= 11 is 0. The van der Waals surface area contributed by atoms with E-state index in [-0.39, 0.29) is 17.6 Å². The molecule has 0 unspecified atom stereocenters. The van der Waals surface area contributed by atoms with Crippen LogP contribution >= 0.6 is 0 Å². The molecule has 1 heterocycles. The number of halogens is 1. The van der Waals surface area contributed by atoms with Crippen LogP contribution in [0.25, 0.3) is 0 Å². The number of carbonyl (C=O) groups excluding carboxylic acids is 2. The minimum absolute atomic E-state index is 0.254. The molecule has 2 aromatic rings. The molecule has 0 aliphatic carbocycles. The molecule has 1 N–H and O–H groups in total. The zero-order valence-corrected chi connectivity index (χ0v) is 15.9. The molecule has 2 amide bonds. The largest absolute Gasteiger partial charge is 0.493 e. The monoisotopic (exact) mass is 386 g/mol. The fraction of sp³-hybridized carbons (Fsp3) is 0.333. The van der Waals surface area contributed by atoms with E-state index in [1.54, 1.807) is 26.4 Å². The lowest BCUT2D eigenvalue weighted by molar-refractivity contribution is -0.132. The van der Waals surface area contributed by atoms with Gasteiger partial charge in [-0.2, -0.15) is 0 Å². The number of ether oxygens (including phenoxy) is 2. The molecule has 1 saturated heterocycles. The van der Waals surface area contributed by atoms with Crippen LogP contribution in [0.15, 0.2) is 42.5 Å². The standard InChI is InChI=1S/C21H23FN2O4/c1-27-18-8-3-14(13-19(18)28-2)9-11-23-20(25)17-10-12-24(21(17)26)16-6-4-15(22)5-7-16/h3-8,13,17H,9-12H2,1-2H3,(H,23,25)/t17-/m1/s1. The van der Waals surface area contributed by atoms with Crippen molar-refractivity contribution < 1.29 is 23.5 Å². The molecule has 1 atom stereocenters. The predicted octanol–water partition coefficient (Wildman–Crippen LogP) is 2.55. The van der Waals surface area contributed by atoms with Gasteiger partial charge in [-0.25, -0.2) is 4.39 Å². The van der Waals surface area contributed by atoms with E-state index in [2.05, 4.69) is 5.32 Å². The molecule has 0 saturated carbocycles. The van der Waals surface area contributed by atoms with Crippen LogP contribution in [0.1, 0.15) is 12.0 Å². The Labute approximate surface area is 163 Å². The molecule has 6 nitrogen and oxygen atoms in total. The highest BCUT2D eigenvalue weighted by atomic mass is 19.1. The second kappa shape index (κ2) is 8.73. The van der Waals surface area contributed by atoms with Gasteiger partial charge in [-0.15, -0.1) is 0 Å². The van der Waals surface area contributed by atoms with E-state index in [9.17, 15) is 14.0 Å². The van der Waals surface area contributed by atoms with Crippen LogP contribution in [0.2, 0.25) is 0 Å². The van der Waals surface area contributed by atoms with Gasteiger partial charge in [0.1, 0.15) is 11.7 Å². The highest BCUT2D eigenvalue weighted by Gasteiger charge is 2.37. The smallest absolute Gasteiger partial charge is 0.239 e. The SMILES string of the molecule is COc1ccc(CCNC(=O)[C@H]2CCN(c3ccc(F)cc3)C2=O)cc1OC. The molecule has 1 aliphatic rings. The van der Waals surface area contributed by atoms with Gasteiger partial charge < -0.3 is 19.7 Å². The van der Waals surface area contributed by atoms with Crippen LogP contribution in [0.4, 0.5) is 10.1 Å². The zero-order chi connectivity index (χ0) is 20.1. The minimum atomic E-state index is -0.713. The first-order valence-electron chi connectivity index (χ1n) is 9.09. The number of hydrogen-bond acceptors (Lipinski definition) is 4. The van der Waals surface area contributed by atoms with Gasteiger partial charge in [-0.1, -0.05) is 6.07 Å². The molecular formula is C21H23FN2O4. The van der Waals surface area contributed by atoms with Crippen LogP contribution in [0.3, 0.4) is 0 Å². The van der Waals surface area contributed by atoms with E-state index in [1.807, 2.05) is 18.2 Å². The second-order valence-corrected chi connectivity index (χ2v) is 6.54. The average molecular weight is 386 g/mol. The van der Waals surface area contributed by atoms with E-state index in [0.29, 0.717) is 43.1 Å². The van der Waals surface area contributed by atoms with E-state index < -0.39 is 5.92 Å². The lowest BCUT2D eigenvalue weighted by Gasteiger charge is -2.16. The van der Waals surface area contributed by atoms with Crippen LogP contribution < -0.4 is 19.7 Å². The van der Waals surface area contributed by atoms with E-state index in [4.69, 9.17) is 9.47 Å². The van der Waals surface area contributed by atoms with Crippen molar-refractivity contribution in [3.05, 3.63) is 53.8 Å². The number of rotatable bonds is 7. The molecule has 0 spiro atoms. The predicted molar refractivity (Wildman–Crippen MR) is 103 cm³/mol. The van der Waals surface area contributed by atoms with Gasteiger partial charge in [0.25, 0.3) is 0 Å². The summed E-state index contributed by atoms with van der Waals surface area (Å²) in [7, 11) is 3.15. The first-order chi connectivity index (χ1) is 13.5. The van der Waals surface area contributed by atoms with Crippen LogP contribution in [0.5, 0.6) is 11.5 Å². The fourth-order valence-electron chi connectivity index (χ4n) is 3.29. The van der Waals surface area contributed by atoms with Crippen molar-refractivity contribution in [2.45, 2.75) is 12.8 Å². The van der Waals surface area contributed by atoms with E-state index >= 15 is 0 Å². The fourth-order valence-corrected chi connectivity index (χ4v) is 3.29. The summed E-state index contributed by atoms with van der Waals surface area (Å²) in [6.07, 6.45) is 1.05. The molecule has 7 heteroatoms. The van der Waals surface area contributed by atoms with Crippen LogP contribution in [0, 0.1) is 11.7 Å². The van der Waals surface area contributed by atoms with E-state index in [1.165, 1.54) is 17.0 Å². The number of methoxy groups -OCH3 is 2. The molecule has 1 aliphatic heterocycles. The van der Waals surface area contributed by atoms with Crippen molar-refractivity contribution in [1.82, 2.24) is 5.32 Å². The third-order valence-corrected chi connectivity index (χ3v) is 4.82. The van der Waals surface area contributed by atoms with Crippen molar-refractivity contribution in [3.8, 4) is 11.5 Å². The zero-order valence-electron chi connectivity index (χ0n) is 15.9. The second-order valence-electron chi connectivity index (χ2n) is 6.54. The number of hydrogen-bond donors (Lipinski definition) is 1. The molecule has 2 aromatic carbocycles. The first-order valence-corrected chi connectivity index (χ1v) is 9.09. The minimum Gasteiger partial charge on any atom is -0.493 e. The maximum atomic E-state index is 13.1. The Morgan fingerprint density at radius 2 is 1.86 bits per heavy atom. The quantitative estimate of drug-likeness (QED) is 0.743. The first kappa shape index (κ1) is 19.7. The van der Waals surface area contributed by atoms with Gasteiger partial charge in [-0.05, 0) is 54.8 Å². The number of amides is 2. The molecule has 0 bridgehead atoms. The number of carbonyl (C=O) groups is 2. The summed E-state index contributed by atoms with van der Waals surface area (Å²) in [5, 5.41) is 2.83. The number of anilines is 1. The molecule has 148 valence electrons. The topological polar surface area (TPSA) is 67.9 Å². The summed E-state index contributed by atoms with van der Waals surface area (Å²) in [6, 6.07) is 11.3. The van der Waals surface area contributed by atoms with Gasteiger partial charge in [0.05, 0.1) is 14.2 Å². The van der Waals surface area contributed by atoms with Crippen molar-refractivity contribution in [3.63, 3.8) is 0 Å². The normalized spacial score (nSPS) is 16.2. The average Bonchev–Trinajstić information content (AvgIpc) is 3.09. The Kier molecular flexibility index (Phi) is 6.13. The summed E-state index contributed by atoms with van der Waals surface area (Å²) in [5.41, 5.74) is 1.59. The van der Waals surface area contributed by atoms with Crippen LogP contribution in [-0.2, 0) is 16.0 Å². The van der Waals surface area contributed by atoms with E-state index in [0.717, 1.165) is 5.56 Å². The molecule has 1 fully saturated rings.